The molecule has 0 fully saturated rings. The van der Waals surface area contributed by atoms with Crippen LogP contribution in [0.15, 0.2) is 24.3 Å². The zero-order valence-corrected chi connectivity index (χ0v) is 34.9. The summed E-state index contributed by atoms with van der Waals surface area (Å²) < 4.78 is 42.5. The first-order valence-corrected chi connectivity index (χ1v) is 19.4. The molecule has 0 saturated heterocycles. The summed E-state index contributed by atoms with van der Waals surface area (Å²) in [6.45, 7) is 12.4. The quantitative estimate of drug-likeness (QED) is 0.0479. The number of carbonyl (C=O) groups excluding carboxylic acids is 6. The number of ether oxygens (including phenoxy) is 8. The molecule has 336 valence electrons. The lowest BCUT2D eigenvalue weighted by molar-refractivity contribution is -0.136. The van der Waals surface area contributed by atoms with E-state index in [1.54, 1.807) is 38.1 Å². The molecule has 59 heavy (non-hydrogen) atoms. The van der Waals surface area contributed by atoms with E-state index in [-0.39, 0.29) is 58.8 Å². The standard InChI is InChI=1S/C38H65N7O14/c1-26(2)31(58-37(41)51)34(48)44-29(7-6-12-43-35(39)49)33(47)45-30(25-27-8-10-28(11-9-27)59-38(3,4)5)32(46)42-13-14-52-15-16-53-17-18-54-19-20-55-21-22-56-23-24-57-36(40)50/h8-11,26,29-31H,6-7,12-25H2,1-5H3,(H2,40,50)(H2,41,51)(H,42,46)(H,44,48)(H,45,47)(H3,39,43,49)/t29-,30-,31-/m0/s1. The lowest BCUT2D eigenvalue weighted by Crippen LogP contribution is -2.56. The van der Waals surface area contributed by atoms with Crippen molar-refractivity contribution < 1.29 is 66.7 Å². The average molecular weight is 844 g/mol. The molecule has 0 aromatic heterocycles. The number of hydrogen-bond donors (Lipinski definition) is 7. The molecule has 3 atom stereocenters. The molecule has 0 aliphatic rings. The Balaban J connectivity index is 2.71. The predicted molar refractivity (Wildman–Crippen MR) is 213 cm³/mol. The molecule has 0 unspecified atom stereocenters. The Kier molecular flexibility index (Phi) is 26.6. The second-order valence-electron chi connectivity index (χ2n) is 14.2. The summed E-state index contributed by atoms with van der Waals surface area (Å²) in [6.07, 6.45) is -2.93. The average Bonchev–Trinajstić information content (AvgIpc) is 3.15. The molecule has 0 spiro atoms. The van der Waals surface area contributed by atoms with Gasteiger partial charge in [-0.3, -0.25) is 14.4 Å². The van der Waals surface area contributed by atoms with Gasteiger partial charge in [0.05, 0.1) is 66.1 Å². The van der Waals surface area contributed by atoms with Crippen LogP contribution in [0.25, 0.3) is 0 Å². The van der Waals surface area contributed by atoms with E-state index >= 15 is 0 Å². The van der Waals surface area contributed by atoms with E-state index in [1.807, 2.05) is 20.8 Å². The normalized spacial score (nSPS) is 12.8. The smallest absolute Gasteiger partial charge is 0.405 e. The van der Waals surface area contributed by atoms with Gasteiger partial charge in [0.2, 0.25) is 11.8 Å². The van der Waals surface area contributed by atoms with E-state index in [4.69, 9.17) is 50.4 Å². The summed E-state index contributed by atoms with van der Waals surface area (Å²) in [5.74, 6) is -1.81. The van der Waals surface area contributed by atoms with Gasteiger partial charge < -0.3 is 76.4 Å². The Bertz CT molecular complexity index is 1400. The monoisotopic (exact) mass is 843 g/mol. The molecular weight excluding hydrogens is 778 g/mol. The van der Waals surface area contributed by atoms with Crippen LogP contribution in [-0.4, -0.2) is 145 Å². The van der Waals surface area contributed by atoms with Crippen LogP contribution in [0.3, 0.4) is 0 Å². The zero-order valence-electron chi connectivity index (χ0n) is 34.9. The van der Waals surface area contributed by atoms with Crippen LogP contribution >= 0.6 is 0 Å². The first-order chi connectivity index (χ1) is 28.0. The molecule has 0 bridgehead atoms. The van der Waals surface area contributed by atoms with E-state index < -0.39 is 65.6 Å². The number of primary amides is 3. The predicted octanol–water partition coefficient (Wildman–Crippen LogP) is 0.239. The summed E-state index contributed by atoms with van der Waals surface area (Å²) >= 11 is 0. The fraction of sp³-hybridized carbons (Fsp3) is 0.684. The molecule has 0 aliphatic carbocycles. The number of hydrogen-bond acceptors (Lipinski definition) is 14. The van der Waals surface area contributed by atoms with Crippen molar-refractivity contribution in [1.29, 1.82) is 0 Å². The van der Waals surface area contributed by atoms with Crippen LogP contribution in [0.1, 0.15) is 53.0 Å². The molecule has 21 nitrogen and oxygen atoms in total. The molecule has 0 radical (unpaired) electrons. The molecule has 10 N–H and O–H groups in total. The van der Waals surface area contributed by atoms with Gasteiger partial charge in [-0.05, 0) is 57.2 Å². The number of carbonyl (C=O) groups is 6. The van der Waals surface area contributed by atoms with Gasteiger partial charge in [-0.1, -0.05) is 26.0 Å². The van der Waals surface area contributed by atoms with Crippen molar-refractivity contribution in [2.75, 3.05) is 85.8 Å². The van der Waals surface area contributed by atoms with Crippen molar-refractivity contribution in [2.45, 2.75) is 77.7 Å². The van der Waals surface area contributed by atoms with E-state index in [9.17, 15) is 28.8 Å². The minimum absolute atomic E-state index is 0.0398. The van der Waals surface area contributed by atoms with E-state index in [2.05, 4.69) is 26.0 Å². The summed E-state index contributed by atoms with van der Waals surface area (Å²) in [4.78, 5) is 73.6. The molecule has 7 amide bonds. The van der Waals surface area contributed by atoms with E-state index in [0.29, 0.717) is 57.6 Å². The van der Waals surface area contributed by atoms with Gasteiger partial charge in [-0.25, -0.2) is 14.4 Å². The Morgan fingerprint density at radius 3 is 1.59 bits per heavy atom. The maximum absolute atomic E-state index is 13.8. The van der Waals surface area contributed by atoms with Crippen molar-refractivity contribution in [2.24, 2.45) is 23.1 Å². The lowest BCUT2D eigenvalue weighted by Gasteiger charge is -2.26. The van der Waals surface area contributed by atoms with Crippen LogP contribution in [0.5, 0.6) is 5.75 Å². The van der Waals surface area contributed by atoms with Crippen molar-refractivity contribution in [1.82, 2.24) is 21.3 Å². The molecule has 21 heteroatoms. The first-order valence-electron chi connectivity index (χ1n) is 19.4. The molecule has 1 aromatic rings. The van der Waals surface area contributed by atoms with Gasteiger partial charge in [0.1, 0.15) is 30.0 Å². The number of nitrogens with two attached hydrogens (primary N) is 3. The van der Waals surface area contributed by atoms with Crippen LogP contribution < -0.4 is 43.2 Å². The third kappa shape index (κ3) is 27.4. The number of urea groups is 1. The van der Waals surface area contributed by atoms with Gasteiger partial charge >= 0.3 is 18.2 Å². The number of benzene rings is 1. The van der Waals surface area contributed by atoms with Crippen LogP contribution in [0.4, 0.5) is 14.4 Å². The second kappa shape index (κ2) is 30.1. The highest BCUT2D eigenvalue weighted by Gasteiger charge is 2.32. The summed E-state index contributed by atoms with van der Waals surface area (Å²) in [6, 6.07) is 4.07. The summed E-state index contributed by atoms with van der Waals surface area (Å²) in [5, 5.41) is 10.6. The lowest BCUT2D eigenvalue weighted by atomic mass is 10.0. The maximum Gasteiger partial charge on any atom is 0.405 e. The van der Waals surface area contributed by atoms with Crippen molar-refractivity contribution in [3.05, 3.63) is 29.8 Å². The topological polar surface area (TPSA) is 302 Å². The molecule has 0 heterocycles. The van der Waals surface area contributed by atoms with Gasteiger partial charge in [0.25, 0.3) is 5.91 Å². The first kappa shape index (κ1) is 52.1. The fourth-order valence-electron chi connectivity index (χ4n) is 4.97. The van der Waals surface area contributed by atoms with Gasteiger partial charge in [0, 0.05) is 19.5 Å². The van der Waals surface area contributed by atoms with E-state index in [1.165, 1.54) is 0 Å². The number of rotatable bonds is 32. The van der Waals surface area contributed by atoms with Crippen LogP contribution in [-0.2, 0) is 54.0 Å². The zero-order chi connectivity index (χ0) is 44.1. The summed E-state index contributed by atoms with van der Waals surface area (Å²) in [7, 11) is 0. The third-order valence-electron chi connectivity index (χ3n) is 7.63. The van der Waals surface area contributed by atoms with Crippen molar-refractivity contribution >= 4 is 35.9 Å². The SMILES string of the molecule is CC(C)[C@H](OC(N)=O)C(=O)N[C@@H](CCCNC(N)=O)C(=O)N[C@@H](Cc1ccc(OC(C)(C)C)cc1)C(=O)NCCOCCOCCOCCOCCOCCOC(N)=O. The van der Waals surface area contributed by atoms with Crippen molar-refractivity contribution in [3.8, 4) is 5.75 Å². The molecule has 1 rings (SSSR count). The minimum atomic E-state index is -1.29. The minimum Gasteiger partial charge on any atom is -0.488 e. The Morgan fingerprint density at radius 2 is 1.12 bits per heavy atom. The third-order valence-corrected chi connectivity index (χ3v) is 7.63. The highest BCUT2D eigenvalue weighted by molar-refractivity contribution is 5.93. The summed E-state index contributed by atoms with van der Waals surface area (Å²) in [5.41, 5.74) is 15.5. The van der Waals surface area contributed by atoms with Gasteiger partial charge in [-0.15, -0.1) is 0 Å². The molecule has 0 saturated carbocycles. The van der Waals surface area contributed by atoms with Crippen molar-refractivity contribution in [3.63, 3.8) is 0 Å². The van der Waals surface area contributed by atoms with Crippen LogP contribution in [0, 0.1) is 5.92 Å². The fourth-order valence-corrected chi connectivity index (χ4v) is 4.97. The Morgan fingerprint density at radius 1 is 0.610 bits per heavy atom. The van der Waals surface area contributed by atoms with Gasteiger partial charge in [-0.2, -0.15) is 0 Å². The van der Waals surface area contributed by atoms with Gasteiger partial charge in [0.15, 0.2) is 6.10 Å². The largest absolute Gasteiger partial charge is 0.488 e. The highest BCUT2D eigenvalue weighted by atomic mass is 16.6. The number of nitrogens with one attached hydrogen (secondary N) is 4. The Hall–Kier alpha value is -4.96. The second-order valence-corrected chi connectivity index (χ2v) is 14.2. The molecular formula is C38H65N7O14. The molecule has 1 aromatic carbocycles. The Labute approximate surface area is 345 Å². The maximum atomic E-state index is 13.8. The highest BCUT2D eigenvalue weighted by Crippen LogP contribution is 2.19. The van der Waals surface area contributed by atoms with Crippen LogP contribution in [0.2, 0.25) is 0 Å². The number of amides is 7. The molecule has 0 aliphatic heterocycles. The van der Waals surface area contributed by atoms with E-state index in [0.717, 1.165) is 0 Å².